The summed E-state index contributed by atoms with van der Waals surface area (Å²) in [5.41, 5.74) is 7.66. The van der Waals surface area contributed by atoms with Gasteiger partial charge in [-0.2, -0.15) is 0 Å². The molecule has 4 unspecified atom stereocenters. The Hall–Kier alpha value is -13.8. The van der Waals surface area contributed by atoms with E-state index in [4.69, 9.17) is 16.3 Å². The molecule has 18 heterocycles. The maximum absolute atomic E-state index is 15.0. The molecular weight excluding hydrogens is 1720 g/mol. The molecule has 7 aliphatic rings. The summed E-state index contributed by atoms with van der Waals surface area (Å²) in [4.78, 5) is 84.4. The summed E-state index contributed by atoms with van der Waals surface area (Å²) >= 11 is 5.72. The van der Waals surface area contributed by atoms with E-state index >= 15 is 0 Å². The van der Waals surface area contributed by atoms with Crippen LogP contribution in [0.25, 0.3) is 89.2 Å². The Morgan fingerprint density at radius 1 is 0.366 bits per heavy atom. The van der Waals surface area contributed by atoms with Gasteiger partial charge in [0.05, 0.1) is 82.5 Å². The topological polar surface area (TPSA) is 312 Å². The number of nitrogens with zero attached hydrogens (tertiary/aromatic N) is 23. The molecule has 0 aliphatic carbocycles. The monoisotopic (exact) mass is 1810 g/mol. The van der Waals surface area contributed by atoms with Gasteiger partial charge in [0.2, 0.25) is 23.1 Å². The summed E-state index contributed by atoms with van der Waals surface area (Å²) in [6.07, 6.45) is 12.4. The fourth-order valence-corrected chi connectivity index (χ4v) is 17.8. The third kappa shape index (κ3) is 18.4. The number of anilines is 9. The maximum Gasteiger partial charge on any atom is 0.410 e. The summed E-state index contributed by atoms with van der Waals surface area (Å²) in [5.74, 6) is 2.74. The van der Waals surface area contributed by atoms with E-state index in [9.17, 15) is 39.9 Å². The molecule has 3 fully saturated rings. The van der Waals surface area contributed by atoms with Crippen molar-refractivity contribution < 1.29 is 44.7 Å². The molecule has 11 aromatic heterocycles. The second-order valence-corrected chi connectivity index (χ2v) is 35.4. The average Bonchev–Trinajstić information content (AvgIpc) is 1.62. The van der Waals surface area contributed by atoms with Crippen LogP contribution in [0.3, 0.4) is 0 Å². The highest BCUT2D eigenvalue weighted by Crippen LogP contribution is 2.39. The predicted octanol–water partition coefficient (Wildman–Crippen LogP) is 15.8. The van der Waals surface area contributed by atoms with Crippen molar-refractivity contribution >= 4 is 114 Å². The zero-order valence-electron chi connectivity index (χ0n) is 72.6. The van der Waals surface area contributed by atoms with Crippen molar-refractivity contribution in [2.24, 2.45) is 23.7 Å². The van der Waals surface area contributed by atoms with Gasteiger partial charge in [-0.25, -0.2) is 115 Å². The van der Waals surface area contributed by atoms with Crippen molar-refractivity contribution in [1.29, 1.82) is 0 Å². The minimum absolute atomic E-state index is 0.00984. The number of carbonyl (C=O) groups excluding carboxylic acids is 1. The summed E-state index contributed by atoms with van der Waals surface area (Å²) < 4.78 is 131. The molecule has 3 saturated heterocycles. The van der Waals surface area contributed by atoms with E-state index in [0.29, 0.717) is 134 Å². The zero-order valence-corrected chi connectivity index (χ0v) is 73.3. The van der Waals surface area contributed by atoms with E-state index in [-0.39, 0.29) is 52.0 Å². The maximum atomic E-state index is 15.0. The van der Waals surface area contributed by atoms with Crippen LogP contribution >= 0.6 is 11.6 Å². The molecule has 674 valence electrons. The van der Waals surface area contributed by atoms with Crippen LogP contribution in [0.4, 0.5) is 92.3 Å². The number of halogens is 9. The molecule has 39 heteroatoms. The number of benzene rings is 4. The van der Waals surface area contributed by atoms with Gasteiger partial charge in [0.1, 0.15) is 91.2 Å². The predicted molar refractivity (Wildman–Crippen MR) is 482 cm³/mol. The lowest BCUT2D eigenvalue weighted by atomic mass is 10.1. The van der Waals surface area contributed by atoms with Crippen LogP contribution in [0.1, 0.15) is 71.8 Å². The number of pyridine rings is 3. The number of nitrogens with one attached hydrogen (secondary N) is 5. The normalized spacial score (nSPS) is 17.5. The first kappa shape index (κ1) is 86.6. The van der Waals surface area contributed by atoms with Gasteiger partial charge >= 0.3 is 6.09 Å². The Bertz CT molecular complexity index is 6640. The van der Waals surface area contributed by atoms with Crippen LogP contribution in [0, 0.1) is 70.2 Å². The molecule has 5 N–H and O–H groups in total. The lowest BCUT2D eigenvalue weighted by Crippen LogP contribution is -2.50. The van der Waals surface area contributed by atoms with Gasteiger partial charge in [0, 0.05) is 153 Å². The molecular formula is C92H91ClF8N28O2. The van der Waals surface area contributed by atoms with Crippen molar-refractivity contribution in [1.82, 2.24) is 109 Å². The third-order valence-corrected chi connectivity index (χ3v) is 24.1. The molecule has 0 radical (unpaired) electrons. The number of ether oxygens (including phenoxy) is 1. The van der Waals surface area contributed by atoms with Crippen LogP contribution in [0.15, 0.2) is 128 Å². The van der Waals surface area contributed by atoms with Gasteiger partial charge in [-0.05, 0) is 141 Å². The molecule has 0 saturated carbocycles. The first-order valence-corrected chi connectivity index (χ1v) is 43.9. The largest absolute Gasteiger partial charge is 0.444 e. The van der Waals surface area contributed by atoms with E-state index in [1.807, 2.05) is 69.4 Å². The van der Waals surface area contributed by atoms with Crippen molar-refractivity contribution in [2.45, 2.75) is 106 Å². The first-order chi connectivity index (χ1) is 63.2. The van der Waals surface area contributed by atoms with Crippen molar-refractivity contribution in [3.05, 3.63) is 203 Å². The highest BCUT2D eigenvalue weighted by atomic mass is 35.5. The van der Waals surface area contributed by atoms with Crippen LogP contribution in [-0.2, 0) is 56.6 Å². The smallest absolute Gasteiger partial charge is 0.410 e. The van der Waals surface area contributed by atoms with Crippen LogP contribution < -0.4 is 41.3 Å². The third-order valence-electron chi connectivity index (χ3n) is 23.9. The van der Waals surface area contributed by atoms with E-state index in [0.717, 1.165) is 169 Å². The molecule has 4 aromatic carbocycles. The van der Waals surface area contributed by atoms with Crippen molar-refractivity contribution in [2.75, 3.05) is 109 Å². The summed E-state index contributed by atoms with van der Waals surface area (Å²) in [7, 11) is 0. The Balaban J connectivity index is 0.000000115. The number of imidazole rings is 4. The summed E-state index contributed by atoms with van der Waals surface area (Å²) in [5, 5.41) is 15.6. The van der Waals surface area contributed by atoms with E-state index in [1.54, 1.807) is 53.8 Å². The van der Waals surface area contributed by atoms with Gasteiger partial charge in [0.15, 0.2) is 46.5 Å². The fraction of sp³-hybridized carbons (Fsp3) is 0.348. The molecule has 131 heavy (non-hydrogen) atoms. The highest BCUT2D eigenvalue weighted by molar-refractivity contribution is 6.28. The van der Waals surface area contributed by atoms with E-state index in [1.165, 1.54) is 24.3 Å². The molecule has 1 amide bonds. The second-order valence-electron chi connectivity index (χ2n) is 35.1. The Labute approximate surface area is 750 Å². The number of hydrogen-bond donors (Lipinski definition) is 5. The van der Waals surface area contributed by atoms with Gasteiger partial charge in [-0.1, -0.05) is 27.7 Å². The lowest BCUT2D eigenvalue weighted by Gasteiger charge is -2.36. The number of fused-ring (bicyclic) bond motifs is 12. The summed E-state index contributed by atoms with van der Waals surface area (Å²) in [6.45, 7) is 27.0. The van der Waals surface area contributed by atoms with Crippen LogP contribution in [0.5, 0.6) is 0 Å². The van der Waals surface area contributed by atoms with Gasteiger partial charge in [0.25, 0.3) is 0 Å². The SMILES string of the molecule is CC1Cc2nc3c(F)cc(-c4nc(Cl)ncc4F)cc3n2C1.CC1Cc2nc3c(F)cc(-c4nc(Nc5ccc(N6CCN(C(=O)OC(C)(C)C)CC6)cn5)ncc4F)cc3n2C1.CC1Cc2nc3c(F)cc(-c4nc(Nc5ccc(N6CCNCC6)cn5)ncc4F)cc3n2C1.CC1Cc2nc3c(F)cc(-c4nc(Nc5ccc(N6CCNCC6)cn5)ncc4F)cc3n2C1. The lowest BCUT2D eigenvalue weighted by molar-refractivity contribution is 0.0240. The fourth-order valence-electron chi connectivity index (χ4n) is 17.7. The molecule has 22 rings (SSSR count). The van der Waals surface area contributed by atoms with Gasteiger partial charge in [-0.15, -0.1) is 0 Å². The zero-order chi connectivity index (χ0) is 90.8. The Kier molecular flexibility index (Phi) is 23.8. The van der Waals surface area contributed by atoms with Crippen LogP contribution in [0.2, 0.25) is 5.28 Å². The number of hydrogen-bond acceptors (Lipinski definition) is 25. The van der Waals surface area contributed by atoms with Crippen LogP contribution in [-0.4, -0.2) is 188 Å². The molecule has 30 nitrogen and oxygen atoms in total. The van der Waals surface area contributed by atoms with Gasteiger partial charge < -0.3 is 69.2 Å². The number of rotatable bonds is 13. The minimum atomic E-state index is -0.655. The average molecular weight is 1810 g/mol. The second kappa shape index (κ2) is 35.9. The number of piperazine rings is 3. The molecule has 0 bridgehead atoms. The van der Waals surface area contributed by atoms with Crippen molar-refractivity contribution in [3.63, 3.8) is 0 Å². The number of aromatic nitrogens is 19. The van der Waals surface area contributed by atoms with E-state index in [2.05, 4.69) is 144 Å². The number of carbonyl (C=O) groups is 1. The van der Waals surface area contributed by atoms with Gasteiger partial charge in [-0.3, -0.25) is 0 Å². The number of amides is 1. The van der Waals surface area contributed by atoms with Crippen molar-refractivity contribution in [3.8, 4) is 45.0 Å². The molecule has 4 atom stereocenters. The Morgan fingerprint density at radius 2 is 0.656 bits per heavy atom. The quantitative estimate of drug-likeness (QED) is 0.0529. The molecule has 0 spiro atoms. The molecule has 7 aliphatic heterocycles. The summed E-state index contributed by atoms with van der Waals surface area (Å²) in [6, 6.07) is 23.3. The first-order valence-electron chi connectivity index (χ1n) is 43.5. The highest BCUT2D eigenvalue weighted by Gasteiger charge is 2.33. The minimum Gasteiger partial charge on any atom is -0.444 e. The van der Waals surface area contributed by atoms with E-state index < -0.39 is 52.1 Å². The molecule has 15 aromatic rings. The standard InChI is InChI=1S/C29H32F2N8O2.2C24H24F2N8.C15H11ClF2N4/c1-17-11-24-35-26-20(30)12-18(13-22(26)39(24)16-17)25-21(31)15-33-27(36-25)34-23-6-5-19(14-32-23)37-7-9-38(10-8-37)28(40)41-29(2,3)4;2*1-14-8-21-31-23-17(25)9-15(10-19(23)34(21)13-14)22-18(26)12-29-24(32-22)30-20-3-2-16(11-28-20)33-6-4-27-5-7-33;1-7-2-12-20-14-9(17)3-8(4-11(14)22(12)6-7)13-10(18)5-19-15(16)21-13/h5-6,12-15,17H,7-11,16H2,1-4H3,(H,32,33,34,36);2*2-3,9-12,14,27H,4-8,13H2,1H3,(H,28,29,30,32);3-5,7H,2,6H2,1H3. The Morgan fingerprint density at radius 3 is 0.947 bits per heavy atom.